The van der Waals surface area contributed by atoms with Crippen molar-refractivity contribution in [2.75, 3.05) is 45.1 Å². The van der Waals surface area contributed by atoms with E-state index in [-0.39, 0.29) is 18.5 Å². The van der Waals surface area contributed by atoms with Crippen LogP contribution < -0.4 is 5.32 Å². The van der Waals surface area contributed by atoms with Gasteiger partial charge in [-0.05, 0) is 24.3 Å². The summed E-state index contributed by atoms with van der Waals surface area (Å²) in [6, 6.07) is 13.9. The van der Waals surface area contributed by atoms with Gasteiger partial charge < -0.3 is 5.32 Å². The summed E-state index contributed by atoms with van der Waals surface area (Å²) in [6.45, 7) is 2.21. The van der Waals surface area contributed by atoms with E-state index in [4.69, 9.17) is 0 Å². The van der Waals surface area contributed by atoms with Crippen LogP contribution in [-0.4, -0.2) is 73.6 Å². The van der Waals surface area contributed by atoms with Crippen molar-refractivity contribution in [2.24, 2.45) is 0 Å². The summed E-state index contributed by atoms with van der Waals surface area (Å²) in [7, 11) is -1.73. The van der Waals surface area contributed by atoms with Gasteiger partial charge in [0.15, 0.2) is 0 Å². The first-order valence-electron chi connectivity index (χ1n) is 11.2. The van der Waals surface area contributed by atoms with Crippen LogP contribution in [0.3, 0.4) is 0 Å². The Bertz CT molecular complexity index is 1010. The van der Waals surface area contributed by atoms with Gasteiger partial charge in [0.25, 0.3) is 10.2 Å². The fraction of sp³-hybridized carbons (Fsp3) is 0.522. The first-order valence-corrected chi connectivity index (χ1v) is 12.6. The predicted octanol–water partition coefficient (Wildman–Crippen LogP) is 2.91. The summed E-state index contributed by atoms with van der Waals surface area (Å²) >= 11 is 0. The average molecular weight is 445 g/mol. The standard InChI is InChI=1S/C23H32N4O3S/c1-25(20-10-3-2-4-11-20)31(29,30)27-16-14-26(15-17-27)18-23(28)24-22-13-7-9-19-8-5-6-12-21(19)22/h5-9,12-13,20H,2-4,10-11,14-18H2,1H3,(H,24,28). The van der Waals surface area contributed by atoms with Gasteiger partial charge in [0.2, 0.25) is 5.91 Å². The molecule has 7 nitrogen and oxygen atoms in total. The highest BCUT2D eigenvalue weighted by molar-refractivity contribution is 7.86. The van der Waals surface area contributed by atoms with Gasteiger partial charge in [0, 0.05) is 50.3 Å². The molecule has 0 radical (unpaired) electrons. The Morgan fingerprint density at radius 3 is 2.42 bits per heavy atom. The van der Waals surface area contributed by atoms with E-state index < -0.39 is 10.2 Å². The number of rotatable bonds is 6. The Balaban J connectivity index is 1.31. The van der Waals surface area contributed by atoms with E-state index in [1.165, 1.54) is 6.42 Å². The van der Waals surface area contributed by atoms with Crippen molar-refractivity contribution < 1.29 is 13.2 Å². The third kappa shape index (κ3) is 5.09. The summed E-state index contributed by atoms with van der Waals surface area (Å²) in [4.78, 5) is 14.6. The quantitative estimate of drug-likeness (QED) is 0.744. The molecule has 1 aliphatic heterocycles. The first kappa shape index (κ1) is 22.2. The molecule has 0 spiro atoms. The fourth-order valence-corrected chi connectivity index (χ4v) is 6.24. The molecule has 2 aliphatic rings. The molecule has 1 aliphatic carbocycles. The maximum absolute atomic E-state index is 13.0. The maximum Gasteiger partial charge on any atom is 0.282 e. The largest absolute Gasteiger partial charge is 0.324 e. The molecule has 168 valence electrons. The molecule has 1 saturated heterocycles. The number of carbonyl (C=O) groups is 1. The summed E-state index contributed by atoms with van der Waals surface area (Å²) in [5, 5.41) is 5.11. The number of benzene rings is 2. The molecule has 0 aromatic heterocycles. The number of hydrogen-bond acceptors (Lipinski definition) is 4. The predicted molar refractivity (Wildman–Crippen MR) is 124 cm³/mol. The normalized spacial score (nSPS) is 19.7. The SMILES string of the molecule is CN(C1CCCCC1)S(=O)(=O)N1CCN(CC(=O)Nc2cccc3ccccc23)CC1. The summed E-state index contributed by atoms with van der Waals surface area (Å²) in [5.74, 6) is -0.0769. The van der Waals surface area contributed by atoms with Crippen LogP contribution in [0.1, 0.15) is 32.1 Å². The number of amides is 1. The molecule has 2 fully saturated rings. The van der Waals surface area contributed by atoms with Crippen molar-refractivity contribution in [3.05, 3.63) is 42.5 Å². The number of anilines is 1. The molecule has 31 heavy (non-hydrogen) atoms. The van der Waals surface area contributed by atoms with Crippen molar-refractivity contribution in [3.8, 4) is 0 Å². The van der Waals surface area contributed by atoms with Crippen molar-refractivity contribution in [1.82, 2.24) is 13.5 Å². The minimum absolute atomic E-state index is 0.0769. The van der Waals surface area contributed by atoms with E-state index in [1.54, 1.807) is 15.7 Å². The van der Waals surface area contributed by atoms with Gasteiger partial charge in [0.1, 0.15) is 0 Å². The lowest BCUT2D eigenvalue weighted by molar-refractivity contribution is -0.117. The molecule has 0 unspecified atom stereocenters. The van der Waals surface area contributed by atoms with E-state index in [1.807, 2.05) is 47.4 Å². The van der Waals surface area contributed by atoms with Crippen LogP contribution in [0.2, 0.25) is 0 Å². The minimum Gasteiger partial charge on any atom is -0.324 e. The first-order chi connectivity index (χ1) is 14.9. The molecule has 2 aromatic rings. The van der Waals surface area contributed by atoms with Gasteiger partial charge in [-0.25, -0.2) is 0 Å². The van der Waals surface area contributed by atoms with Gasteiger partial charge in [-0.15, -0.1) is 0 Å². The number of hydrogen-bond donors (Lipinski definition) is 1. The lowest BCUT2D eigenvalue weighted by atomic mass is 9.96. The zero-order chi connectivity index (χ0) is 21.8. The number of nitrogens with zero attached hydrogens (tertiary/aromatic N) is 3. The zero-order valence-corrected chi connectivity index (χ0v) is 19.0. The van der Waals surface area contributed by atoms with Gasteiger partial charge in [0.05, 0.1) is 6.54 Å². The van der Waals surface area contributed by atoms with Crippen LogP contribution in [0.4, 0.5) is 5.69 Å². The summed E-state index contributed by atoms with van der Waals surface area (Å²) in [5.41, 5.74) is 0.804. The monoisotopic (exact) mass is 444 g/mol. The Morgan fingerprint density at radius 1 is 1.00 bits per heavy atom. The van der Waals surface area contributed by atoms with Gasteiger partial charge in [-0.3, -0.25) is 9.69 Å². The molecular weight excluding hydrogens is 412 g/mol. The highest BCUT2D eigenvalue weighted by Crippen LogP contribution is 2.25. The summed E-state index contributed by atoms with van der Waals surface area (Å²) in [6.07, 6.45) is 5.30. The molecule has 0 atom stereocenters. The molecule has 1 N–H and O–H groups in total. The van der Waals surface area contributed by atoms with E-state index in [9.17, 15) is 13.2 Å². The molecule has 8 heteroatoms. The second-order valence-electron chi connectivity index (χ2n) is 8.57. The molecule has 4 rings (SSSR count). The van der Waals surface area contributed by atoms with Crippen LogP contribution in [-0.2, 0) is 15.0 Å². The molecule has 1 heterocycles. The molecule has 2 aromatic carbocycles. The topological polar surface area (TPSA) is 73.0 Å². The zero-order valence-electron chi connectivity index (χ0n) is 18.2. The maximum atomic E-state index is 13.0. The van der Waals surface area contributed by atoms with E-state index >= 15 is 0 Å². The van der Waals surface area contributed by atoms with Crippen molar-refractivity contribution in [3.63, 3.8) is 0 Å². The Hall–Kier alpha value is -2.00. The second kappa shape index (κ2) is 9.65. The summed E-state index contributed by atoms with van der Waals surface area (Å²) < 4.78 is 29.2. The van der Waals surface area contributed by atoms with Gasteiger partial charge >= 0.3 is 0 Å². The molecule has 1 saturated carbocycles. The van der Waals surface area contributed by atoms with Crippen molar-refractivity contribution in [1.29, 1.82) is 0 Å². The van der Waals surface area contributed by atoms with E-state index in [2.05, 4.69) is 5.32 Å². The third-order valence-corrected chi connectivity index (χ3v) is 8.59. The lowest BCUT2D eigenvalue weighted by Crippen LogP contribution is -2.55. The van der Waals surface area contributed by atoms with Crippen LogP contribution in [0, 0.1) is 0 Å². The van der Waals surface area contributed by atoms with Gasteiger partial charge in [-0.2, -0.15) is 17.0 Å². The number of nitrogens with one attached hydrogen (secondary N) is 1. The van der Waals surface area contributed by atoms with E-state index in [0.29, 0.717) is 26.2 Å². The highest BCUT2D eigenvalue weighted by atomic mass is 32.2. The highest BCUT2D eigenvalue weighted by Gasteiger charge is 2.34. The van der Waals surface area contributed by atoms with Crippen LogP contribution in [0.5, 0.6) is 0 Å². The molecular formula is C23H32N4O3S. The average Bonchev–Trinajstić information content (AvgIpc) is 2.80. The second-order valence-corrected chi connectivity index (χ2v) is 10.6. The van der Waals surface area contributed by atoms with Crippen LogP contribution >= 0.6 is 0 Å². The number of carbonyl (C=O) groups excluding carboxylic acids is 1. The van der Waals surface area contributed by atoms with Crippen LogP contribution in [0.25, 0.3) is 10.8 Å². The van der Waals surface area contributed by atoms with Gasteiger partial charge in [-0.1, -0.05) is 55.7 Å². The Morgan fingerprint density at radius 2 is 1.68 bits per heavy atom. The smallest absolute Gasteiger partial charge is 0.282 e. The molecule has 0 bridgehead atoms. The van der Waals surface area contributed by atoms with Crippen molar-refractivity contribution in [2.45, 2.75) is 38.1 Å². The van der Waals surface area contributed by atoms with E-state index in [0.717, 1.165) is 42.1 Å². The number of piperazine rings is 1. The third-order valence-electron chi connectivity index (χ3n) is 6.54. The lowest BCUT2D eigenvalue weighted by Gasteiger charge is -2.38. The molecule has 1 amide bonds. The minimum atomic E-state index is -3.45. The Labute approximate surface area is 185 Å². The fourth-order valence-electron chi connectivity index (χ4n) is 4.66. The number of fused-ring (bicyclic) bond motifs is 1. The Kier molecular flexibility index (Phi) is 6.91. The van der Waals surface area contributed by atoms with Crippen LogP contribution in [0.15, 0.2) is 42.5 Å². The van der Waals surface area contributed by atoms with Crippen molar-refractivity contribution >= 4 is 32.6 Å².